The third-order valence-corrected chi connectivity index (χ3v) is 1.63. The Bertz CT molecular complexity index is 387. The average Bonchev–Trinajstić information content (AvgIpc) is 2.16. The van der Waals surface area contributed by atoms with Crippen LogP contribution in [0, 0.1) is 17.1 Å². The van der Waals surface area contributed by atoms with Crippen molar-refractivity contribution in [1.29, 1.82) is 5.26 Å². The van der Waals surface area contributed by atoms with Crippen LogP contribution in [0.3, 0.4) is 0 Å². The Morgan fingerprint density at radius 3 is 2.64 bits per heavy atom. The predicted octanol–water partition coefficient (Wildman–Crippen LogP) is 1.52. The zero-order valence-corrected chi connectivity index (χ0v) is 6.84. The number of rotatable bonds is 2. The molecule has 6 heteroatoms. The van der Waals surface area contributed by atoms with E-state index in [0.29, 0.717) is 0 Å². The molecule has 0 aliphatic carbocycles. The lowest BCUT2D eigenvalue weighted by Crippen LogP contribution is -2.03. The highest BCUT2D eigenvalue weighted by Crippen LogP contribution is 2.26. The van der Waals surface area contributed by atoms with E-state index in [-0.39, 0.29) is 5.56 Å². The molecule has 0 fully saturated rings. The third kappa shape index (κ3) is 1.67. The molecule has 0 radical (unpaired) electrons. The number of nitriles is 1. The molecule has 0 saturated carbocycles. The highest BCUT2D eigenvalue weighted by Gasteiger charge is 2.21. The molecule has 1 N–H and O–H groups in total. The number of hydrogen-bond acceptors (Lipinski definition) is 3. The molecule has 0 aliphatic heterocycles. The van der Waals surface area contributed by atoms with Crippen LogP contribution in [0.1, 0.15) is 23.2 Å². The smallest absolute Gasteiger partial charge is 0.267 e. The summed E-state index contributed by atoms with van der Waals surface area (Å²) >= 11 is 0. The van der Waals surface area contributed by atoms with Gasteiger partial charge in [-0.05, 0) is 0 Å². The van der Waals surface area contributed by atoms with Crippen LogP contribution in [0.4, 0.5) is 13.2 Å². The van der Waals surface area contributed by atoms with Crippen molar-refractivity contribution in [2.24, 2.45) is 0 Å². The Morgan fingerprint density at radius 1 is 1.57 bits per heavy atom. The minimum absolute atomic E-state index is 0.309. The molecule has 0 atom stereocenters. The van der Waals surface area contributed by atoms with Crippen molar-refractivity contribution >= 4 is 0 Å². The van der Waals surface area contributed by atoms with Crippen molar-refractivity contribution < 1.29 is 18.3 Å². The molecule has 0 bridgehead atoms. The van der Waals surface area contributed by atoms with E-state index in [4.69, 9.17) is 10.4 Å². The number of hydrogen-bond donors (Lipinski definition) is 1. The number of aliphatic hydroxyl groups is 1. The van der Waals surface area contributed by atoms with E-state index in [2.05, 4.69) is 4.98 Å². The van der Waals surface area contributed by atoms with Gasteiger partial charge in [0.15, 0.2) is 11.5 Å². The van der Waals surface area contributed by atoms with E-state index in [1.165, 1.54) is 6.07 Å². The van der Waals surface area contributed by atoms with Gasteiger partial charge in [0, 0.05) is 11.8 Å². The van der Waals surface area contributed by atoms with Gasteiger partial charge in [0.05, 0.1) is 12.2 Å². The maximum Gasteiger partial charge on any atom is 0.267 e. The van der Waals surface area contributed by atoms with Gasteiger partial charge in [0.25, 0.3) is 6.43 Å². The van der Waals surface area contributed by atoms with Crippen LogP contribution >= 0.6 is 0 Å². The first-order valence-electron chi connectivity index (χ1n) is 3.58. The van der Waals surface area contributed by atoms with Gasteiger partial charge in [-0.25, -0.2) is 18.2 Å². The van der Waals surface area contributed by atoms with Gasteiger partial charge in [-0.1, -0.05) is 0 Å². The molecule has 0 saturated heterocycles. The van der Waals surface area contributed by atoms with Crippen molar-refractivity contribution in [2.45, 2.75) is 13.0 Å². The highest BCUT2D eigenvalue weighted by atomic mass is 19.3. The molecule has 1 heterocycles. The van der Waals surface area contributed by atoms with Gasteiger partial charge in [0.2, 0.25) is 0 Å². The zero-order valence-electron chi connectivity index (χ0n) is 6.84. The molecule has 0 unspecified atom stereocenters. The first-order chi connectivity index (χ1) is 6.61. The van der Waals surface area contributed by atoms with Crippen LogP contribution in [0.5, 0.6) is 0 Å². The fraction of sp³-hybridized carbons (Fsp3) is 0.250. The normalized spacial score (nSPS) is 10.3. The molecule has 74 valence electrons. The molecule has 1 rings (SSSR count). The van der Waals surface area contributed by atoms with Gasteiger partial charge >= 0.3 is 0 Å². The number of nitrogens with zero attached hydrogens (tertiary/aromatic N) is 2. The topological polar surface area (TPSA) is 56.9 Å². The maximum atomic E-state index is 13.1. The highest BCUT2D eigenvalue weighted by molar-refractivity contribution is 5.34. The van der Waals surface area contributed by atoms with Crippen molar-refractivity contribution in [3.05, 3.63) is 28.8 Å². The standard InChI is InChI=1S/C8H5F3N2O/c9-7-5(1-12)13-2-4(3-14)6(7)8(10)11/h2,8,14H,3H2. The Balaban J connectivity index is 3.41. The lowest BCUT2D eigenvalue weighted by Gasteiger charge is -2.07. The monoisotopic (exact) mass is 202 g/mol. The lowest BCUT2D eigenvalue weighted by molar-refractivity contribution is 0.141. The van der Waals surface area contributed by atoms with Crippen molar-refractivity contribution in [3.8, 4) is 6.07 Å². The number of pyridine rings is 1. The Hall–Kier alpha value is -1.61. The molecule has 0 aromatic carbocycles. The zero-order chi connectivity index (χ0) is 10.7. The van der Waals surface area contributed by atoms with Crippen LogP contribution in [-0.2, 0) is 6.61 Å². The largest absolute Gasteiger partial charge is 0.392 e. The van der Waals surface area contributed by atoms with Crippen LogP contribution in [0.15, 0.2) is 6.20 Å². The van der Waals surface area contributed by atoms with Gasteiger partial charge in [-0.2, -0.15) is 5.26 Å². The van der Waals surface area contributed by atoms with Crippen LogP contribution < -0.4 is 0 Å². The van der Waals surface area contributed by atoms with E-state index >= 15 is 0 Å². The molecule has 14 heavy (non-hydrogen) atoms. The molecular weight excluding hydrogens is 197 g/mol. The summed E-state index contributed by atoms with van der Waals surface area (Å²) in [5.41, 5.74) is -1.96. The Labute approximate surface area is 77.4 Å². The van der Waals surface area contributed by atoms with Gasteiger partial charge < -0.3 is 5.11 Å². The second kappa shape index (κ2) is 4.07. The molecular formula is C8H5F3N2O. The summed E-state index contributed by atoms with van der Waals surface area (Å²) in [6.45, 7) is -0.741. The quantitative estimate of drug-likeness (QED) is 0.790. The molecule has 0 spiro atoms. The lowest BCUT2D eigenvalue weighted by atomic mass is 10.1. The molecule has 1 aromatic heterocycles. The van der Waals surface area contributed by atoms with E-state index in [1.807, 2.05) is 0 Å². The predicted molar refractivity (Wildman–Crippen MR) is 39.8 cm³/mol. The number of alkyl halides is 2. The van der Waals surface area contributed by atoms with Crippen molar-refractivity contribution in [2.75, 3.05) is 0 Å². The number of aliphatic hydroxyl groups excluding tert-OH is 1. The summed E-state index contributed by atoms with van der Waals surface area (Å²) < 4.78 is 37.7. The Morgan fingerprint density at radius 2 is 2.21 bits per heavy atom. The average molecular weight is 202 g/mol. The Kier molecular flexibility index (Phi) is 3.04. The van der Waals surface area contributed by atoms with Gasteiger partial charge in [0.1, 0.15) is 6.07 Å². The first kappa shape index (κ1) is 10.5. The van der Waals surface area contributed by atoms with Crippen LogP contribution in [0.2, 0.25) is 0 Å². The van der Waals surface area contributed by atoms with Crippen LogP contribution in [0.25, 0.3) is 0 Å². The van der Waals surface area contributed by atoms with E-state index in [1.54, 1.807) is 0 Å². The van der Waals surface area contributed by atoms with E-state index in [0.717, 1.165) is 6.20 Å². The first-order valence-corrected chi connectivity index (χ1v) is 3.58. The van der Waals surface area contributed by atoms with Crippen molar-refractivity contribution in [1.82, 2.24) is 4.98 Å². The summed E-state index contributed by atoms with van der Waals surface area (Å²) in [7, 11) is 0. The summed E-state index contributed by atoms with van der Waals surface area (Å²) in [6.07, 6.45) is -2.21. The minimum atomic E-state index is -3.08. The fourth-order valence-corrected chi connectivity index (χ4v) is 0.977. The molecule has 3 nitrogen and oxygen atoms in total. The summed E-state index contributed by atoms with van der Waals surface area (Å²) in [5, 5.41) is 17.0. The van der Waals surface area contributed by atoms with E-state index < -0.39 is 30.1 Å². The SMILES string of the molecule is N#Cc1ncc(CO)c(C(F)F)c1F. The fourth-order valence-electron chi connectivity index (χ4n) is 0.977. The van der Waals surface area contributed by atoms with Gasteiger partial charge in [-0.3, -0.25) is 0 Å². The van der Waals surface area contributed by atoms with Gasteiger partial charge in [-0.15, -0.1) is 0 Å². The van der Waals surface area contributed by atoms with E-state index in [9.17, 15) is 13.2 Å². The summed E-state index contributed by atoms with van der Waals surface area (Å²) in [5.74, 6) is -1.37. The van der Waals surface area contributed by atoms with Crippen LogP contribution in [-0.4, -0.2) is 10.1 Å². The second-order valence-corrected chi connectivity index (χ2v) is 2.43. The van der Waals surface area contributed by atoms with Crippen molar-refractivity contribution in [3.63, 3.8) is 0 Å². The number of aromatic nitrogens is 1. The minimum Gasteiger partial charge on any atom is -0.392 e. The summed E-state index contributed by atoms with van der Waals surface area (Å²) in [4.78, 5) is 3.28. The maximum absolute atomic E-state index is 13.1. The number of halogens is 3. The second-order valence-electron chi connectivity index (χ2n) is 2.43. The molecule has 0 aliphatic rings. The molecule has 0 amide bonds. The molecule has 1 aromatic rings. The summed E-state index contributed by atoms with van der Waals surface area (Å²) in [6, 6.07) is 1.34. The third-order valence-electron chi connectivity index (χ3n) is 1.63.